The molecule has 0 saturated carbocycles. The van der Waals surface area contributed by atoms with Crippen LogP contribution in [0.1, 0.15) is 44.4 Å². The molecule has 192 valence electrons. The first kappa shape index (κ1) is 25.8. The van der Waals surface area contributed by atoms with Gasteiger partial charge in [-0.3, -0.25) is 14.5 Å². The van der Waals surface area contributed by atoms with Crippen LogP contribution in [-0.4, -0.2) is 36.6 Å². The van der Waals surface area contributed by atoms with Gasteiger partial charge in [-0.25, -0.2) is 0 Å². The van der Waals surface area contributed by atoms with E-state index in [2.05, 4.69) is 0 Å². The number of amides is 1. The molecule has 0 spiro atoms. The summed E-state index contributed by atoms with van der Waals surface area (Å²) < 4.78 is 16.7. The van der Waals surface area contributed by atoms with Crippen LogP contribution in [0.5, 0.6) is 17.2 Å². The molecule has 0 aromatic heterocycles. The van der Waals surface area contributed by atoms with Crippen LogP contribution in [0.2, 0.25) is 0 Å². The van der Waals surface area contributed by atoms with Crippen LogP contribution in [0.25, 0.3) is 5.76 Å². The number of methoxy groups -OCH3 is 1. The maximum absolute atomic E-state index is 13.4. The molecule has 1 fully saturated rings. The van der Waals surface area contributed by atoms with Gasteiger partial charge in [-0.05, 0) is 74.4 Å². The van der Waals surface area contributed by atoms with E-state index in [4.69, 9.17) is 14.2 Å². The van der Waals surface area contributed by atoms with Gasteiger partial charge in [0.25, 0.3) is 11.7 Å². The van der Waals surface area contributed by atoms with Gasteiger partial charge in [0.05, 0.1) is 31.4 Å². The number of ether oxygens (including phenoxy) is 3. The molecule has 1 aliphatic heterocycles. The first-order chi connectivity index (χ1) is 17.8. The molecular formula is C30H31NO6. The SMILES string of the molecule is CCCOc1ccc(/C(O)=C2\C(=O)C(=O)N(c3cccc(OC)c3)C2c2ccc(OC(C)C)cc2)cc1. The van der Waals surface area contributed by atoms with Gasteiger partial charge >= 0.3 is 0 Å². The molecule has 3 aromatic carbocycles. The second kappa shape index (κ2) is 11.2. The Bertz CT molecular complexity index is 1290. The van der Waals surface area contributed by atoms with Crippen molar-refractivity contribution in [3.05, 3.63) is 89.5 Å². The van der Waals surface area contributed by atoms with E-state index >= 15 is 0 Å². The fraction of sp³-hybridized carbons (Fsp3) is 0.267. The summed E-state index contributed by atoms with van der Waals surface area (Å²) in [7, 11) is 1.53. The molecule has 1 aliphatic rings. The van der Waals surface area contributed by atoms with Crippen molar-refractivity contribution in [3.63, 3.8) is 0 Å². The number of Topliss-reactive ketones (excluding diaryl/α,β-unsaturated/α-hetero) is 1. The molecule has 7 heteroatoms. The normalized spacial score (nSPS) is 16.8. The summed E-state index contributed by atoms with van der Waals surface area (Å²) >= 11 is 0. The highest BCUT2D eigenvalue weighted by Crippen LogP contribution is 2.43. The lowest BCUT2D eigenvalue weighted by molar-refractivity contribution is -0.132. The number of aliphatic hydroxyl groups excluding tert-OH is 1. The summed E-state index contributed by atoms with van der Waals surface area (Å²) in [5.74, 6) is 0.122. The first-order valence-corrected chi connectivity index (χ1v) is 12.3. The Morgan fingerprint density at radius 2 is 1.62 bits per heavy atom. The minimum Gasteiger partial charge on any atom is -0.507 e. The van der Waals surface area contributed by atoms with Crippen LogP contribution in [0.3, 0.4) is 0 Å². The van der Waals surface area contributed by atoms with Crippen molar-refractivity contribution in [2.45, 2.75) is 39.3 Å². The van der Waals surface area contributed by atoms with Gasteiger partial charge in [0, 0.05) is 17.3 Å². The van der Waals surface area contributed by atoms with Crippen molar-refractivity contribution < 1.29 is 28.9 Å². The van der Waals surface area contributed by atoms with Crippen molar-refractivity contribution >= 4 is 23.1 Å². The Morgan fingerprint density at radius 1 is 0.946 bits per heavy atom. The monoisotopic (exact) mass is 501 g/mol. The predicted molar refractivity (Wildman–Crippen MR) is 142 cm³/mol. The Hall–Kier alpha value is -4.26. The summed E-state index contributed by atoms with van der Waals surface area (Å²) in [6.45, 7) is 6.46. The molecule has 1 unspecified atom stereocenters. The number of benzene rings is 3. The molecule has 1 N–H and O–H groups in total. The van der Waals surface area contributed by atoms with Gasteiger partial charge < -0.3 is 19.3 Å². The maximum atomic E-state index is 13.4. The van der Waals surface area contributed by atoms with E-state index in [1.165, 1.54) is 12.0 Å². The molecule has 1 heterocycles. The zero-order chi connectivity index (χ0) is 26.5. The van der Waals surface area contributed by atoms with Crippen LogP contribution in [0.15, 0.2) is 78.4 Å². The van der Waals surface area contributed by atoms with E-state index in [1.54, 1.807) is 72.8 Å². The smallest absolute Gasteiger partial charge is 0.300 e. The average molecular weight is 502 g/mol. The van der Waals surface area contributed by atoms with E-state index in [-0.39, 0.29) is 17.4 Å². The zero-order valence-corrected chi connectivity index (χ0v) is 21.4. The van der Waals surface area contributed by atoms with E-state index in [0.717, 1.165) is 6.42 Å². The molecule has 0 radical (unpaired) electrons. The fourth-order valence-corrected chi connectivity index (χ4v) is 4.26. The molecule has 1 saturated heterocycles. The first-order valence-electron chi connectivity index (χ1n) is 12.3. The van der Waals surface area contributed by atoms with E-state index in [9.17, 15) is 14.7 Å². The molecule has 1 atom stereocenters. The van der Waals surface area contributed by atoms with Crippen LogP contribution < -0.4 is 19.1 Å². The molecule has 0 bridgehead atoms. The minimum atomic E-state index is -0.851. The summed E-state index contributed by atoms with van der Waals surface area (Å²) in [6, 6.07) is 20.1. The highest BCUT2D eigenvalue weighted by molar-refractivity contribution is 6.51. The number of carbonyl (C=O) groups is 2. The molecule has 7 nitrogen and oxygen atoms in total. The van der Waals surface area contributed by atoms with Gasteiger partial charge in [-0.15, -0.1) is 0 Å². The number of rotatable bonds is 9. The number of aliphatic hydroxyl groups is 1. The molecule has 4 rings (SSSR count). The van der Waals surface area contributed by atoms with Gasteiger partial charge in [0.15, 0.2) is 0 Å². The van der Waals surface area contributed by atoms with Crippen molar-refractivity contribution in [1.29, 1.82) is 0 Å². The minimum absolute atomic E-state index is 0.00227. The third kappa shape index (κ3) is 5.45. The van der Waals surface area contributed by atoms with Crippen molar-refractivity contribution in [1.82, 2.24) is 0 Å². The average Bonchev–Trinajstić information content (AvgIpc) is 3.17. The highest BCUT2D eigenvalue weighted by Gasteiger charge is 2.47. The summed E-state index contributed by atoms with van der Waals surface area (Å²) in [4.78, 5) is 28.1. The zero-order valence-electron chi connectivity index (χ0n) is 21.4. The highest BCUT2D eigenvalue weighted by atomic mass is 16.5. The summed E-state index contributed by atoms with van der Waals surface area (Å²) in [5, 5.41) is 11.3. The molecule has 37 heavy (non-hydrogen) atoms. The van der Waals surface area contributed by atoms with Gasteiger partial charge in [-0.1, -0.05) is 25.1 Å². The number of hydrogen-bond acceptors (Lipinski definition) is 6. The number of nitrogens with zero attached hydrogens (tertiary/aromatic N) is 1. The number of hydrogen-bond donors (Lipinski definition) is 1. The van der Waals surface area contributed by atoms with Crippen molar-refractivity contribution in [3.8, 4) is 17.2 Å². The predicted octanol–water partition coefficient (Wildman–Crippen LogP) is 5.90. The van der Waals surface area contributed by atoms with E-state index in [1.807, 2.05) is 20.8 Å². The number of ketones is 1. The van der Waals surface area contributed by atoms with E-state index < -0.39 is 17.7 Å². The van der Waals surface area contributed by atoms with Gasteiger partial charge in [-0.2, -0.15) is 0 Å². The second-order valence-electron chi connectivity index (χ2n) is 8.98. The lowest BCUT2D eigenvalue weighted by atomic mass is 9.95. The lowest BCUT2D eigenvalue weighted by Crippen LogP contribution is -2.29. The Labute approximate surface area is 216 Å². The second-order valence-corrected chi connectivity index (χ2v) is 8.98. The standard InChI is InChI=1S/C30H31NO6/c1-5-17-36-23-13-11-21(12-14-23)28(32)26-27(20-9-15-24(16-10-20)37-19(2)3)31(30(34)29(26)33)22-7-6-8-25(18-22)35-4/h6-16,18-19,27,32H,5,17H2,1-4H3/b28-26+. The maximum Gasteiger partial charge on any atom is 0.300 e. The Balaban J connectivity index is 1.83. The van der Waals surface area contributed by atoms with Crippen LogP contribution >= 0.6 is 0 Å². The quantitative estimate of drug-likeness (QED) is 0.223. The number of carbonyl (C=O) groups excluding carboxylic acids is 2. The Kier molecular flexibility index (Phi) is 7.82. The third-order valence-electron chi connectivity index (χ3n) is 5.94. The number of anilines is 1. The van der Waals surface area contributed by atoms with Gasteiger partial charge in [0.2, 0.25) is 0 Å². The lowest BCUT2D eigenvalue weighted by Gasteiger charge is -2.26. The third-order valence-corrected chi connectivity index (χ3v) is 5.94. The van der Waals surface area contributed by atoms with Crippen LogP contribution in [-0.2, 0) is 9.59 Å². The Morgan fingerprint density at radius 3 is 2.24 bits per heavy atom. The van der Waals surface area contributed by atoms with E-state index in [0.29, 0.717) is 40.7 Å². The van der Waals surface area contributed by atoms with Crippen molar-refractivity contribution in [2.75, 3.05) is 18.6 Å². The molecule has 1 amide bonds. The fourth-order valence-electron chi connectivity index (χ4n) is 4.26. The van der Waals surface area contributed by atoms with Crippen molar-refractivity contribution in [2.24, 2.45) is 0 Å². The van der Waals surface area contributed by atoms with Crippen LogP contribution in [0, 0.1) is 0 Å². The largest absolute Gasteiger partial charge is 0.507 e. The topological polar surface area (TPSA) is 85.3 Å². The molecule has 0 aliphatic carbocycles. The molecule has 3 aromatic rings. The molecular weight excluding hydrogens is 470 g/mol. The summed E-state index contributed by atoms with van der Waals surface area (Å²) in [6.07, 6.45) is 0.869. The summed E-state index contributed by atoms with van der Waals surface area (Å²) in [5.41, 5.74) is 1.56. The van der Waals surface area contributed by atoms with Gasteiger partial charge in [0.1, 0.15) is 23.0 Å². The van der Waals surface area contributed by atoms with Crippen LogP contribution in [0.4, 0.5) is 5.69 Å².